The molecule has 0 saturated heterocycles. The van der Waals surface area contributed by atoms with E-state index in [9.17, 15) is 0 Å². The topological polar surface area (TPSA) is 30.5 Å². The third-order valence-electron chi connectivity index (χ3n) is 2.97. The minimum atomic E-state index is 0.140. The van der Waals surface area contributed by atoms with Gasteiger partial charge < -0.3 is 14.8 Å². The minimum Gasteiger partial charge on any atom is -0.491 e. The Balaban J connectivity index is 2.25. The Kier molecular flexibility index (Phi) is 7.48. The Hall–Kier alpha value is -1.32. The summed E-state index contributed by atoms with van der Waals surface area (Å²) < 4.78 is 11.4. The summed E-state index contributed by atoms with van der Waals surface area (Å²) in [5, 5.41) is 3.39. The first-order valence-electron chi connectivity index (χ1n) is 7.58. The molecule has 118 valence electrons. The van der Waals surface area contributed by atoms with E-state index in [0.717, 1.165) is 18.7 Å². The van der Waals surface area contributed by atoms with Crippen molar-refractivity contribution in [3.05, 3.63) is 42.0 Å². The molecule has 0 unspecified atom stereocenters. The molecule has 0 aliphatic heterocycles. The second kappa shape index (κ2) is 8.85. The van der Waals surface area contributed by atoms with E-state index in [2.05, 4.69) is 51.7 Å². The average Bonchev–Trinajstić information content (AvgIpc) is 2.39. The van der Waals surface area contributed by atoms with E-state index in [1.165, 1.54) is 11.1 Å². The van der Waals surface area contributed by atoms with Gasteiger partial charge in [0.2, 0.25) is 0 Å². The molecule has 0 aliphatic carbocycles. The van der Waals surface area contributed by atoms with Gasteiger partial charge in [0.05, 0.1) is 13.2 Å². The highest BCUT2D eigenvalue weighted by atomic mass is 16.5. The summed E-state index contributed by atoms with van der Waals surface area (Å²) in [6, 6.07) is 6.23. The minimum absolute atomic E-state index is 0.140. The monoisotopic (exact) mass is 291 g/mol. The van der Waals surface area contributed by atoms with Crippen molar-refractivity contribution in [3.63, 3.8) is 0 Å². The molecule has 21 heavy (non-hydrogen) atoms. The van der Waals surface area contributed by atoms with Crippen molar-refractivity contribution in [2.45, 2.75) is 39.7 Å². The first-order valence-corrected chi connectivity index (χ1v) is 7.58. The molecule has 0 radical (unpaired) electrons. The van der Waals surface area contributed by atoms with Crippen LogP contribution in [0.2, 0.25) is 0 Å². The molecule has 3 nitrogen and oxygen atoms in total. The molecular formula is C18H29NO2. The predicted molar refractivity (Wildman–Crippen MR) is 89.1 cm³/mol. The first-order chi connectivity index (χ1) is 9.92. The van der Waals surface area contributed by atoms with E-state index < -0.39 is 0 Å². The van der Waals surface area contributed by atoms with Crippen LogP contribution < -0.4 is 10.1 Å². The lowest BCUT2D eigenvalue weighted by Crippen LogP contribution is -2.38. The van der Waals surface area contributed by atoms with Crippen LogP contribution in [0, 0.1) is 6.92 Å². The van der Waals surface area contributed by atoms with Crippen LogP contribution in [0.1, 0.15) is 31.9 Å². The number of aryl methyl sites for hydroxylation is 1. The number of rotatable bonds is 9. The van der Waals surface area contributed by atoms with E-state index in [4.69, 9.17) is 9.47 Å². The average molecular weight is 291 g/mol. The summed E-state index contributed by atoms with van der Waals surface area (Å²) in [4.78, 5) is 0. The molecule has 3 heteroatoms. The van der Waals surface area contributed by atoms with Gasteiger partial charge in [0, 0.05) is 12.1 Å². The predicted octanol–water partition coefficient (Wildman–Crippen LogP) is 3.51. The lowest BCUT2D eigenvalue weighted by molar-refractivity contribution is 0.0982. The molecule has 0 bridgehead atoms. The number of benzene rings is 1. The van der Waals surface area contributed by atoms with Crippen LogP contribution in [0.4, 0.5) is 0 Å². The van der Waals surface area contributed by atoms with Gasteiger partial charge in [-0.2, -0.15) is 0 Å². The van der Waals surface area contributed by atoms with Gasteiger partial charge in [0.1, 0.15) is 12.4 Å². The van der Waals surface area contributed by atoms with Gasteiger partial charge in [-0.25, -0.2) is 0 Å². The van der Waals surface area contributed by atoms with Gasteiger partial charge in [-0.1, -0.05) is 23.8 Å². The van der Waals surface area contributed by atoms with Gasteiger partial charge >= 0.3 is 0 Å². The summed E-state index contributed by atoms with van der Waals surface area (Å²) in [6.45, 7) is 15.1. The van der Waals surface area contributed by atoms with Crippen molar-refractivity contribution in [1.82, 2.24) is 5.32 Å². The highest BCUT2D eigenvalue weighted by Gasteiger charge is 2.07. The Morgan fingerprint density at radius 3 is 2.62 bits per heavy atom. The van der Waals surface area contributed by atoms with Crippen LogP contribution in [0.15, 0.2) is 30.9 Å². The van der Waals surface area contributed by atoms with Crippen LogP contribution in [-0.4, -0.2) is 31.9 Å². The zero-order valence-electron chi connectivity index (χ0n) is 13.9. The van der Waals surface area contributed by atoms with Crippen molar-refractivity contribution in [2.75, 3.05) is 26.4 Å². The lowest BCUT2D eigenvalue weighted by atomic mass is 10.1. The summed E-state index contributed by atoms with van der Waals surface area (Å²) >= 11 is 0. The molecule has 0 amide bonds. The number of nitrogens with one attached hydrogen (secondary N) is 1. The van der Waals surface area contributed by atoms with Crippen LogP contribution in [0.25, 0.3) is 0 Å². The van der Waals surface area contributed by atoms with Gasteiger partial charge in [-0.15, -0.1) is 6.58 Å². The zero-order valence-corrected chi connectivity index (χ0v) is 13.9. The Morgan fingerprint density at radius 2 is 1.95 bits per heavy atom. The van der Waals surface area contributed by atoms with Crippen molar-refractivity contribution in [2.24, 2.45) is 0 Å². The lowest BCUT2D eigenvalue weighted by Gasteiger charge is -2.20. The molecular weight excluding hydrogens is 262 g/mol. The standard InChI is InChI=1S/C18H29NO2/c1-6-7-16-14-15(2)8-9-17(16)21-13-12-20-11-10-19-18(3,4)5/h6,8-9,14,19H,1,7,10-13H2,2-5H3. The van der Waals surface area contributed by atoms with E-state index >= 15 is 0 Å². The first kappa shape index (κ1) is 17.7. The fourth-order valence-corrected chi connectivity index (χ4v) is 1.97. The molecule has 0 atom stereocenters. The Morgan fingerprint density at radius 1 is 1.19 bits per heavy atom. The number of hydrogen-bond donors (Lipinski definition) is 1. The van der Waals surface area contributed by atoms with Crippen molar-refractivity contribution >= 4 is 0 Å². The maximum atomic E-state index is 5.80. The van der Waals surface area contributed by atoms with Gasteiger partial charge in [-0.05, 0) is 45.7 Å². The summed E-state index contributed by atoms with van der Waals surface area (Å²) in [7, 11) is 0. The van der Waals surface area contributed by atoms with Crippen LogP contribution >= 0.6 is 0 Å². The maximum absolute atomic E-state index is 5.80. The van der Waals surface area contributed by atoms with E-state index in [-0.39, 0.29) is 5.54 Å². The van der Waals surface area contributed by atoms with Gasteiger partial charge in [0.25, 0.3) is 0 Å². The van der Waals surface area contributed by atoms with E-state index in [1.807, 2.05) is 12.1 Å². The van der Waals surface area contributed by atoms with E-state index in [1.54, 1.807) is 0 Å². The molecule has 0 aromatic heterocycles. The summed E-state index contributed by atoms with van der Waals surface area (Å²) in [5.41, 5.74) is 2.56. The maximum Gasteiger partial charge on any atom is 0.122 e. The van der Waals surface area contributed by atoms with Crippen LogP contribution in [0.3, 0.4) is 0 Å². The molecule has 0 spiro atoms. The zero-order chi connectivity index (χ0) is 15.7. The largest absolute Gasteiger partial charge is 0.491 e. The number of ether oxygens (including phenoxy) is 2. The number of hydrogen-bond acceptors (Lipinski definition) is 3. The van der Waals surface area contributed by atoms with Crippen molar-refractivity contribution < 1.29 is 9.47 Å². The summed E-state index contributed by atoms with van der Waals surface area (Å²) in [5.74, 6) is 0.928. The molecule has 0 heterocycles. The van der Waals surface area contributed by atoms with E-state index in [0.29, 0.717) is 19.8 Å². The van der Waals surface area contributed by atoms with Crippen LogP contribution in [-0.2, 0) is 11.2 Å². The Labute approximate surface area is 129 Å². The van der Waals surface area contributed by atoms with Crippen molar-refractivity contribution in [3.8, 4) is 5.75 Å². The Bertz CT molecular complexity index is 435. The van der Waals surface area contributed by atoms with Gasteiger partial charge in [-0.3, -0.25) is 0 Å². The fourth-order valence-electron chi connectivity index (χ4n) is 1.97. The molecule has 0 saturated carbocycles. The second-order valence-corrected chi connectivity index (χ2v) is 6.24. The quantitative estimate of drug-likeness (QED) is 0.558. The third kappa shape index (κ3) is 7.88. The third-order valence-corrected chi connectivity index (χ3v) is 2.97. The normalized spacial score (nSPS) is 11.4. The highest BCUT2D eigenvalue weighted by molar-refractivity contribution is 5.38. The molecule has 0 fully saturated rings. The molecule has 1 aromatic rings. The molecule has 1 aromatic carbocycles. The highest BCUT2D eigenvalue weighted by Crippen LogP contribution is 2.20. The van der Waals surface area contributed by atoms with Gasteiger partial charge in [0.15, 0.2) is 0 Å². The molecule has 0 aliphatic rings. The SMILES string of the molecule is C=CCc1cc(C)ccc1OCCOCCNC(C)(C)C. The van der Waals surface area contributed by atoms with Crippen LogP contribution in [0.5, 0.6) is 5.75 Å². The second-order valence-electron chi connectivity index (χ2n) is 6.24. The fraction of sp³-hybridized carbons (Fsp3) is 0.556. The molecule has 1 N–H and O–H groups in total. The van der Waals surface area contributed by atoms with Crippen molar-refractivity contribution in [1.29, 1.82) is 0 Å². The summed E-state index contributed by atoms with van der Waals surface area (Å²) in [6.07, 6.45) is 2.73. The molecule has 1 rings (SSSR count). The number of allylic oxidation sites excluding steroid dienone is 1. The smallest absolute Gasteiger partial charge is 0.122 e.